The minimum atomic E-state index is -0.493. The van der Waals surface area contributed by atoms with Crippen molar-refractivity contribution < 1.29 is 13.9 Å². The number of hydrogen-bond acceptors (Lipinski definition) is 4. The molecule has 1 heterocycles. The second kappa shape index (κ2) is 7.44. The van der Waals surface area contributed by atoms with E-state index in [9.17, 15) is 9.18 Å². The Kier molecular flexibility index (Phi) is 4.89. The maximum atomic E-state index is 13.7. The van der Waals surface area contributed by atoms with Crippen LogP contribution in [0, 0.1) is 5.82 Å². The predicted octanol–water partition coefficient (Wildman–Crippen LogP) is 4.23. The summed E-state index contributed by atoms with van der Waals surface area (Å²) in [5, 5.41) is 5.69. The van der Waals surface area contributed by atoms with Crippen molar-refractivity contribution in [2.45, 2.75) is 0 Å². The molecule has 0 aliphatic carbocycles. The molecule has 0 saturated heterocycles. The van der Waals surface area contributed by atoms with Crippen LogP contribution in [0.4, 0.5) is 21.5 Å². The van der Waals surface area contributed by atoms with E-state index in [1.54, 1.807) is 31.5 Å². The van der Waals surface area contributed by atoms with Crippen LogP contribution in [0.15, 0.2) is 67.0 Å². The summed E-state index contributed by atoms with van der Waals surface area (Å²) in [5.74, 6) is -0.267. The normalized spacial score (nSPS) is 10.2. The smallest absolute Gasteiger partial charge is 0.257 e. The predicted molar refractivity (Wildman–Crippen MR) is 94.9 cm³/mol. The van der Waals surface area contributed by atoms with Gasteiger partial charge in [-0.2, -0.15) is 0 Å². The van der Waals surface area contributed by atoms with Gasteiger partial charge in [0.25, 0.3) is 5.91 Å². The largest absolute Gasteiger partial charge is 0.495 e. The average molecular weight is 337 g/mol. The van der Waals surface area contributed by atoms with Gasteiger partial charge in [0.1, 0.15) is 11.6 Å². The van der Waals surface area contributed by atoms with Crippen molar-refractivity contribution >= 4 is 23.0 Å². The number of nitrogens with zero attached hydrogens (tertiary/aromatic N) is 1. The quantitative estimate of drug-likeness (QED) is 0.731. The SMILES string of the molecule is COc1ccccc1Nc1cncc(C(=O)Nc2ccccc2F)c1. The minimum Gasteiger partial charge on any atom is -0.495 e. The number of pyridine rings is 1. The Morgan fingerprint density at radius 3 is 2.52 bits per heavy atom. The van der Waals surface area contributed by atoms with Crippen LogP contribution >= 0.6 is 0 Å². The highest BCUT2D eigenvalue weighted by Gasteiger charge is 2.11. The van der Waals surface area contributed by atoms with Gasteiger partial charge in [0, 0.05) is 6.20 Å². The third-order valence-corrected chi connectivity index (χ3v) is 3.51. The Morgan fingerprint density at radius 1 is 1.04 bits per heavy atom. The maximum Gasteiger partial charge on any atom is 0.257 e. The van der Waals surface area contributed by atoms with Gasteiger partial charge in [-0.25, -0.2) is 4.39 Å². The summed E-state index contributed by atoms with van der Waals surface area (Å²) in [6, 6.07) is 15.0. The van der Waals surface area contributed by atoms with Gasteiger partial charge in [-0.15, -0.1) is 0 Å². The molecule has 0 radical (unpaired) electrons. The molecule has 0 atom stereocenters. The summed E-state index contributed by atoms with van der Waals surface area (Å²) >= 11 is 0. The van der Waals surface area contributed by atoms with Crippen LogP contribution in [0.2, 0.25) is 0 Å². The molecular weight excluding hydrogens is 321 g/mol. The topological polar surface area (TPSA) is 63.2 Å². The lowest BCUT2D eigenvalue weighted by Crippen LogP contribution is -2.13. The summed E-state index contributed by atoms with van der Waals surface area (Å²) in [6.07, 6.45) is 3.01. The zero-order valence-corrected chi connectivity index (χ0v) is 13.5. The van der Waals surface area contributed by atoms with Crippen molar-refractivity contribution in [3.05, 3.63) is 78.4 Å². The third kappa shape index (κ3) is 3.92. The monoisotopic (exact) mass is 337 g/mol. The number of aromatic nitrogens is 1. The molecule has 0 saturated carbocycles. The molecule has 1 aromatic heterocycles. The molecule has 3 aromatic rings. The fraction of sp³-hybridized carbons (Fsp3) is 0.0526. The van der Waals surface area contributed by atoms with E-state index in [2.05, 4.69) is 15.6 Å². The number of rotatable bonds is 5. The van der Waals surface area contributed by atoms with Crippen LogP contribution in [0.25, 0.3) is 0 Å². The van der Waals surface area contributed by atoms with Crippen molar-refractivity contribution in [2.75, 3.05) is 17.7 Å². The Balaban J connectivity index is 1.79. The van der Waals surface area contributed by atoms with Crippen LogP contribution in [0.1, 0.15) is 10.4 Å². The first-order valence-corrected chi connectivity index (χ1v) is 7.58. The Bertz CT molecular complexity index is 899. The number of ether oxygens (including phenoxy) is 1. The number of para-hydroxylation sites is 3. The Labute approximate surface area is 144 Å². The molecule has 126 valence electrons. The zero-order valence-electron chi connectivity index (χ0n) is 13.5. The highest BCUT2D eigenvalue weighted by molar-refractivity contribution is 6.04. The Hall–Kier alpha value is -3.41. The second-order valence-electron chi connectivity index (χ2n) is 5.22. The van der Waals surface area contributed by atoms with Gasteiger partial charge in [-0.05, 0) is 30.3 Å². The maximum absolute atomic E-state index is 13.7. The van der Waals surface area contributed by atoms with E-state index in [0.717, 1.165) is 5.69 Å². The van der Waals surface area contributed by atoms with Crippen molar-refractivity contribution in [2.24, 2.45) is 0 Å². The summed E-state index contributed by atoms with van der Waals surface area (Å²) in [6.45, 7) is 0. The third-order valence-electron chi connectivity index (χ3n) is 3.51. The van der Waals surface area contributed by atoms with Crippen molar-refractivity contribution in [1.82, 2.24) is 4.98 Å². The van der Waals surface area contributed by atoms with E-state index < -0.39 is 11.7 Å². The fourth-order valence-electron chi connectivity index (χ4n) is 2.29. The molecule has 3 rings (SSSR count). The lowest BCUT2D eigenvalue weighted by Gasteiger charge is -2.11. The van der Waals surface area contributed by atoms with Gasteiger partial charge in [0.2, 0.25) is 0 Å². The highest BCUT2D eigenvalue weighted by atomic mass is 19.1. The van der Waals surface area contributed by atoms with Crippen LogP contribution in [0.5, 0.6) is 5.75 Å². The molecule has 2 aromatic carbocycles. The van der Waals surface area contributed by atoms with E-state index in [-0.39, 0.29) is 5.69 Å². The molecule has 0 aliphatic rings. The number of anilines is 3. The van der Waals surface area contributed by atoms with Crippen LogP contribution in [0.3, 0.4) is 0 Å². The van der Waals surface area contributed by atoms with Crippen LogP contribution in [-0.2, 0) is 0 Å². The lowest BCUT2D eigenvalue weighted by atomic mass is 10.2. The Morgan fingerprint density at radius 2 is 1.76 bits per heavy atom. The number of amides is 1. The van der Waals surface area contributed by atoms with Gasteiger partial charge in [0.15, 0.2) is 0 Å². The molecule has 25 heavy (non-hydrogen) atoms. The first-order chi connectivity index (χ1) is 12.2. The molecule has 0 aliphatic heterocycles. The zero-order chi connectivity index (χ0) is 17.6. The van der Waals surface area contributed by atoms with E-state index >= 15 is 0 Å². The van der Waals surface area contributed by atoms with Gasteiger partial charge < -0.3 is 15.4 Å². The van der Waals surface area contributed by atoms with Crippen molar-refractivity contribution in [1.29, 1.82) is 0 Å². The molecule has 6 heteroatoms. The van der Waals surface area contributed by atoms with E-state index in [1.807, 2.05) is 24.3 Å². The highest BCUT2D eigenvalue weighted by Crippen LogP contribution is 2.27. The molecule has 0 spiro atoms. The summed E-state index contributed by atoms with van der Waals surface area (Å²) < 4.78 is 18.9. The molecule has 0 fully saturated rings. The van der Waals surface area contributed by atoms with E-state index in [4.69, 9.17) is 4.74 Å². The van der Waals surface area contributed by atoms with Crippen molar-refractivity contribution in [3.8, 4) is 5.75 Å². The van der Waals surface area contributed by atoms with Gasteiger partial charge in [-0.1, -0.05) is 24.3 Å². The molecule has 5 nitrogen and oxygen atoms in total. The first-order valence-electron chi connectivity index (χ1n) is 7.58. The number of carbonyl (C=O) groups excluding carboxylic acids is 1. The summed E-state index contributed by atoms with van der Waals surface area (Å²) in [5.41, 5.74) is 1.79. The average Bonchev–Trinajstić information content (AvgIpc) is 2.64. The first kappa shape index (κ1) is 16.4. The molecule has 1 amide bonds. The number of benzene rings is 2. The molecular formula is C19H16FN3O2. The van der Waals surface area contributed by atoms with Crippen LogP contribution in [-0.4, -0.2) is 18.0 Å². The van der Waals surface area contributed by atoms with Gasteiger partial charge in [0.05, 0.1) is 35.9 Å². The molecule has 0 bridgehead atoms. The van der Waals surface area contributed by atoms with Crippen molar-refractivity contribution in [3.63, 3.8) is 0 Å². The standard InChI is InChI=1S/C19H16FN3O2/c1-25-18-9-5-4-8-17(18)22-14-10-13(11-21-12-14)19(24)23-16-7-3-2-6-15(16)20/h2-12,22H,1H3,(H,23,24). The number of carbonyl (C=O) groups is 1. The van der Waals surface area contributed by atoms with E-state index in [0.29, 0.717) is 17.0 Å². The van der Waals surface area contributed by atoms with Gasteiger partial charge >= 0.3 is 0 Å². The minimum absolute atomic E-state index is 0.121. The number of nitrogens with one attached hydrogen (secondary N) is 2. The molecule has 2 N–H and O–H groups in total. The van der Waals surface area contributed by atoms with E-state index in [1.165, 1.54) is 18.3 Å². The number of hydrogen-bond donors (Lipinski definition) is 2. The fourth-order valence-corrected chi connectivity index (χ4v) is 2.29. The number of halogens is 1. The summed E-state index contributed by atoms with van der Waals surface area (Å²) in [7, 11) is 1.58. The van der Waals surface area contributed by atoms with Gasteiger partial charge in [-0.3, -0.25) is 9.78 Å². The molecule has 0 unspecified atom stereocenters. The van der Waals surface area contributed by atoms with Crippen LogP contribution < -0.4 is 15.4 Å². The summed E-state index contributed by atoms with van der Waals surface area (Å²) in [4.78, 5) is 16.4. The number of methoxy groups -OCH3 is 1. The lowest BCUT2D eigenvalue weighted by molar-refractivity contribution is 0.102. The second-order valence-corrected chi connectivity index (χ2v) is 5.22.